The van der Waals surface area contributed by atoms with Gasteiger partial charge in [0.15, 0.2) is 0 Å². The van der Waals surface area contributed by atoms with Gasteiger partial charge in [0.25, 0.3) is 0 Å². The first kappa shape index (κ1) is 12.0. The van der Waals surface area contributed by atoms with Crippen molar-refractivity contribution in [2.75, 3.05) is 11.2 Å². The first-order valence-corrected chi connectivity index (χ1v) is 4.82. The van der Waals surface area contributed by atoms with E-state index in [1.807, 2.05) is 0 Å². The number of hydrogen-bond donors (Lipinski definition) is 3. The number of aromatic nitrogens is 2. The van der Waals surface area contributed by atoms with E-state index < -0.39 is 11.6 Å². The Morgan fingerprint density at radius 2 is 1.72 bits per heavy atom. The predicted molar refractivity (Wildman–Crippen MR) is 60.7 cm³/mol. The van der Waals surface area contributed by atoms with Gasteiger partial charge in [0, 0.05) is 24.3 Å². The fourth-order valence-electron chi connectivity index (χ4n) is 1.28. The van der Waals surface area contributed by atoms with Gasteiger partial charge in [-0.25, -0.2) is 14.6 Å². The van der Waals surface area contributed by atoms with Crippen LogP contribution in [-0.4, -0.2) is 9.97 Å². The highest BCUT2D eigenvalue weighted by atomic mass is 19.1. The summed E-state index contributed by atoms with van der Waals surface area (Å²) >= 11 is 0. The van der Waals surface area contributed by atoms with Gasteiger partial charge in [-0.2, -0.15) is 9.97 Å². The van der Waals surface area contributed by atoms with E-state index in [-0.39, 0.29) is 23.4 Å². The molecule has 94 valence electrons. The number of nitrogens with two attached hydrogens (primary N) is 2. The maximum atomic E-state index is 12.9. The molecule has 8 heteroatoms. The zero-order valence-electron chi connectivity index (χ0n) is 9.02. The Labute approximate surface area is 101 Å². The molecule has 0 aliphatic rings. The fraction of sp³-hybridized carbons (Fsp3) is 0. The normalized spacial score (nSPS) is 10.2. The second-order valence-electron chi connectivity index (χ2n) is 3.30. The van der Waals surface area contributed by atoms with Gasteiger partial charge in [-0.3, -0.25) is 0 Å². The summed E-state index contributed by atoms with van der Waals surface area (Å²) in [5.41, 5.74) is 7.66. The third-order valence-electron chi connectivity index (χ3n) is 1.93. The van der Waals surface area contributed by atoms with Crippen LogP contribution in [0.3, 0.4) is 0 Å². The number of nitrogens with zero attached hydrogens (tertiary/aromatic N) is 2. The Morgan fingerprint density at radius 3 is 2.33 bits per heavy atom. The second kappa shape index (κ2) is 4.80. The molecule has 0 bridgehead atoms. The Morgan fingerprint density at radius 1 is 1.06 bits per heavy atom. The van der Waals surface area contributed by atoms with Gasteiger partial charge in [-0.1, -0.05) is 0 Å². The van der Waals surface area contributed by atoms with Crippen LogP contribution < -0.4 is 21.7 Å². The number of nitrogen functional groups attached to an aromatic ring is 2. The summed E-state index contributed by atoms with van der Waals surface area (Å²) in [4.78, 5) is 7.47. The van der Waals surface area contributed by atoms with Crippen molar-refractivity contribution in [2.45, 2.75) is 0 Å². The molecule has 0 spiro atoms. The zero-order valence-corrected chi connectivity index (χ0v) is 9.02. The van der Waals surface area contributed by atoms with E-state index in [0.29, 0.717) is 0 Å². The number of hydrazine groups is 1. The Bertz CT molecular complexity index is 558. The van der Waals surface area contributed by atoms with Crippen molar-refractivity contribution in [2.24, 2.45) is 5.84 Å². The topological polar surface area (TPSA) is 99.1 Å². The molecule has 1 heterocycles. The van der Waals surface area contributed by atoms with Gasteiger partial charge in [-0.15, -0.1) is 0 Å². The van der Waals surface area contributed by atoms with Crippen molar-refractivity contribution in [3.63, 3.8) is 0 Å². The second-order valence-corrected chi connectivity index (χ2v) is 3.30. The van der Waals surface area contributed by atoms with Crippen LogP contribution >= 0.6 is 0 Å². The van der Waals surface area contributed by atoms with Crippen LogP contribution in [-0.2, 0) is 0 Å². The molecule has 0 saturated carbocycles. The fourth-order valence-corrected chi connectivity index (χ4v) is 1.28. The van der Waals surface area contributed by atoms with Crippen molar-refractivity contribution in [1.82, 2.24) is 9.97 Å². The zero-order chi connectivity index (χ0) is 13.1. The molecular formula is C10H9F2N5O. The molecule has 0 radical (unpaired) electrons. The number of ether oxygens (including phenoxy) is 1. The predicted octanol–water partition coefficient (Wildman–Crippen LogP) is 1.41. The highest BCUT2D eigenvalue weighted by Crippen LogP contribution is 2.23. The van der Waals surface area contributed by atoms with E-state index >= 15 is 0 Å². The molecule has 5 N–H and O–H groups in total. The van der Waals surface area contributed by atoms with Crippen LogP contribution in [0.5, 0.6) is 11.6 Å². The van der Waals surface area contributed by atoms with Crippen LogP contribution in [0.15, 0.2) is 24.3 Å². The molecule has 0 amide bonds. The van der Waals surface area contributed by atoms with E-state index in [0.717, 1.165) is 18.2 Å². The minimum absolute atomic E-state index is 0.0143. The quantitative estimate of drug-likeness (QED) is 0.565. The lowest BCUT2D eigenvalue weighted by Gasteiger charge is -2.07. The van der Waals surface area contributed by atoms with Crippen molar-refractivity contribution >= 4 is 11.8 Å². The highest BCUT2D eigenvalue weighted by Gasteiger charge is 2.06. The lowest BCUT2D eigenvalue weighted by atomic mass is 10.3. The summed E-state index contributed by atoms with van der Waals surface area (Å²) in [6.07, 6.45) is 0. The molecule has 0 aliphatic heterocycles. The highest BCUT2D eigenvalue weighted by molar-refractivity contribution is 5.43. The summed E-state index contributed by atoms with van der Waals surface area (Å²) in [6.45, 7) is 0. The van der Waals surface area contributed by atoms with Crippen molar-refractivity contribution < 1.29 is 13.5 Å². The molecule has 18 heavy (non-hydrogen) atoms. The molecule has 1 aromatic carbocycles. The third-order valence-corrected chi connectivity index (χ3v) is 1.93. The number of hydrogen-bond acceptors (Lipinski definition) is 6. The average molecular weight is 253 g/mol. The van der Waals surface area contributed by atoms with E-state index in [2.05, 4.69) is 15.4 Å². The first-order chi connectivity index (χ1) is 8.56. The summed E-state index contributed by atoms with van der Waals surface area (Å²) in [7, 11) is 0. The standard InChI is InChI=1S/C10H9F2N5O/c11-5-1-6(12)3-7(2-5)18-9-4-8(17-14)15-10(13)16-9/h1-4H,14H2,(H3,13,15,16,17). The summed E-state index contributed by atoms with van der Waals surface area (Å²) in [6, 6.07) is 4.08. The molecule has 2 rings (SSSR count). The Balaban J connectivity index is 2.30. The van der Waals surface area contributed by atoms with Crippen LogP contribution in [0, 0.1) is 11.6 Å². The smallest absolute Gasteiger partial charge is 0.226 e. The maximum absolute atomic E-state index is 12.9. The van der Waals surface area contributed by atoms with E-state index in [1.54, 1.807) is 0 Å². The molecule has 1 aromatic heterocycles. The number of benzene rings is 1. The van der Waals surface area contributed by atoms with Gasteiger partial charge in [0.2, 0.25) is 11.8 Å². The minimum atomic E-state index is -0.760. The van der Waals surface area contributed by atoms with Crippen molar-refractivity contribution in [1.29, 1.82) is 0 Å². The van der Waals surface area contributed by atoms with Crippen LogP contribution in [0.1, 0.15) is 0 Å². The van der Waals surface area contributed by atoms with Gasteiger partial charge < -0.3 is 15.9 Å². The van der Waals surface area contributed by atoms with Crippen LogP contribution in [0.4, 0.5) is 20.5 Å². The van der Waals surface area contributed by atoms with E-state index in [1.165, 1.54) is 6.07 Å². The number of halogens is 2. The lowest BCUT2D eigenvalue weighted by molar-refractivity contribution is 0.451. The largest absolute Gasteiger partial charge is 0.439 e. The van der Waals surface area contributed by atoms with Gasteiger partial charge in [-0.05, 0) is 0 Å². The monoisotopic (exact) mass is 253 g/mol. The molecule has 0 atom stereocenters. The van der Waals surface area contributed by atoms with Gasteiger partial charge in [0.05, 0.1) is 0 Å². The van der Waals surface area contributed by atoms with Crippen LogP contribution in [0.2, 0.25) is 0 Å². The summed E-state index contributed by atoms with van der Waals surface area (Å²) in [5.74, 6) is 3.74. The van der Waals surface area contributed by atoms with Gasteiger partial charge in [0.1, 0.15) is 23.2 Å². The van der Waals surface area contributed by atoms with Gasteiger partial charge >= 0.3 is 0 Å². The minimum Gasteiger partial charge on any atom is -0.439 e. The number of nitrogens with one attached hydrogen (secondary N) is 1. The number of rotatable bonds is 3. The summed E-state index contributed by atoms with van der Waals surface area (Å²) < 4.78 is 31.0. The average Bonchev–Trinajstić information content (AvgIpc) is 2.26. The first-order valence-electron chi connectivity index (χ1n) is 4.82. The summed E-state index contributed by atoms with van der Waals surface area (Å²) in [5, 5.41) is 0. The third kappa shape index (κ3) is 2.80. The molecule has 0 fully saturated rings. The molecule has 0 aliphatic carbocycles. The number of anilines is 2. The molecule has 0 unspecified atom stereocenters. The van der Waals surface area contributed by atoms with Crippen LogP contribution in [0.25, 0.3) is 0 Å². The molecule has 0 saturated heterocycles. The van der Waals surface area contributed by atoms with E-state index in [9.17, 15) is 8.78 Å². The molecular weight excluding hydrogens is 244 g/mol. The molecule has 2 aromatic rings. The van der Waals surface area contributed by atoms with E-state index in [4.69, 9.17) is 16.3 Å². The SMILES string of the molecule is NNc1cc(Oc2cc(F)cc(F)c2)nc(N)n1. The Kier molecular flexibility index (Phi) is 3.20. The Hall–Kier alpha value is -2.48. The lowest BCUT2D eigenvalue weighted by Crippen LogP contribution is -2.10. The van der Waals surface area contributed by atoms with Crippen molar-refractivity contribution in [3.05, 3.63) is 35.9 Å². The van der Waals surface area contributed by atoms with Crippen molar-refractivity contribution in [3.8, 4) is 11.6 Å². The molecule has 6 nitrogen and oxygen atoms in total. The maximum Gasteiger partial charge on any atom is 0.226 e.